The number of nitrogens with zero attached hydrogens (tertiary/aromatic N) is 4. The lowest BCUT2D eigenvalue weighted by molar-refractivity contribution is 1.00. The smallest absolute Gasteiger partial charge is 0.179 e. The summed E-state index contributed by atoms with van der Waals surface area (Å²) in [4.78, 5) is 13.2. The molecule has 0 amide bonds. The molecule has 0 radical (unpaired) electrons. The molecule has 0 unspecified atom stereocenters. The van der Waals surface area contributed by atoms with E-state index < -0.39 is 0 Å². The van der Waals surface area contributed by atoms with Gasteiger partial charge in [0.1, 0.15) is 11.1 Å². The van der Waals surface area contributed by atoms with Gasteiger partial charge in [0.05, 0.1) is 10.7 Å². The summed E-state index contributed by atoms with van der Waals surface area (Å²) in [6.45, 7) is 0. The van der Waals surface area contributed by atoms with Crippen LogP contribution >= 0.6 is 35.0 Å². The van der Waals surface area contributed by atoms with Crippen LogP contribution in [0.2, 0.25) is 10.2 Å². The molecular formula is C13H9Cl2N5S. The van der Waals surface area contributed by atoms with E-state index in [4.69, 9.17) is 34.2 Å². The largest absolute Gasteiger partial charge is 0.381 e. The van der Waals surface area contributed by atoms with Crippen LogP contribution in [0.5, 0.6) is 0 Å². The highest BCUT2D eigenvalue weighted by molar-refractivity contribution is 7.99. The fourth-order valence-corrected chi connectivity index (χ4v) is 3.20. The molecular weight excluding hydrogens is 329 g/mol. The Morgan fingerprint density at radius 1 is 1.33 bits per heavy atom. The number of nitrogens with two attached hydrogens (primary N) is 1. The molecule has 106 valence electrons. The van der Waals surface area contributed by atoms with E-state index in [9.17, 15) is 0 Å². The fourth-order valence-electron chi connectivity index (χ4n) is 1.82. The summed E-state index contributed by atoms with van der Waals surface area (Å²) in [5.74, 6) is 0.617. The predicted molar refractivity (Wildman–Crippen MR) is 81.5 cm³/mol. The number of anilines is 1. The maximum atomic E-state index is 8.96. The lowest BCUT2D eigenvalue weighted by Gasteiger charge is -2.09. The van der Waals surface area contributed by atoms with E-state index in [1.54, 1.807) is 12.3 Å². The molecule has 3 rings (SSSR count). The maximum Gasteiger partial charge on any atom is 0.179 e. The fraction of sp³-hybridized carbons (Fsp3) is 0.231. The maximum absolute atomic E-state index is 8.96. The Kier molecular flexibility index (Phi) is 3.89. The zero-order valence-electron chi connectivity index (χ0n) is 10.7. The highest BCUT2D eigenvalue weighted by Crippen LogP contribution is 2.45. The third kappa shape index (κ3) is 2.91. The van der Waals surface area contributed by atoms with Crippen molar-refractivity contribution in [1.29, 1.82) is 5.26 Å². The molecule has 0 saturated heterocycles. The van der Waals surface area contributed by atoms with Crippen LogP contribution in [0.15, 0.2) is 22.2 Å². The first-order valence-electron chi connectivity index (χ1n) is 6.15. The van der Waals surface area contributed by atoms with Crippen molar-refractivity contribution in [1.82, 2.24) is 15.0 Å². The van der Waals surface area contributed by atoms with Gasteiger partial charge in [-0.2, -0.15) is 5.26 Å². The first-order valence-corrected chi connectivity index (χ1v) is 7.72. The van der Waals surface area contributed by atoms with Crippen LogP contribution in [-0.2, 0) is 0 Å². The number of hydrogen-bond donors (Lipinski definition) is 1. The van der Waals surface area contributed by atoms with Gasteiger partial charge < -0.3 is 5.73 Å². The van der Waals surface area contributed by atoms with E-state index in [1.807, 2.05) is 6.07 Å². The minimum absolute atomic E-state index is 0.00107. The third-order valence-electron chi connectivity index (χ3n) is 3.00. The lowest BCUT2D eigenvalue weighted by Crippen LogP contribution is -2.00. The molecule has 2 aromatic rings. The number of rotatable bonds is 3. The molecule has 8 heteroatoms. The zero-order chi connectivity index (χ0) is 15.0. The van der Waals surface area contributed by atoms with Gasteiger partial charge >= 0.3 is 0 Å². The Hall–Kier alpha value is -1.55. The number of pyridine rings is 1. The number of aromatic nitrogens is 3. The van der Waals surface area contributed by atoms with E-state index in [2.05, 4.69) is 15.0 Å². The predicted octanol–water partition coefficient (Wildman–Crippen LogP) is 3.66. The molecule has 5 nitrogen and oxygen atoms in total. The number of nitriles is 1. The third-order valence-corrected chi connectivity index (χ3v) is 4.83. The van der Waals surface area contributed by atoms with Crippen LogP contribution in [0, 0.1) is 11.3 Å². The van der Waals surface area contributed by atoms with E-state index in [0.717, 1.165) is 23.4 Å². The summed E-state index contributed by atoms with van der Waals surface area (Å²) >= 11 is 13.4. The van der Waals surface area contributed by atoms with Crippen LogP contribution in [0.3, 0.4) is 0 Å². The van der Waals surface area contributed by atoms with Crippen molar-refractivity contribution >= 4 is 40.8 Å². The molecule has 0 spiro atoms. The Bertz CT molecular complexity index is 755. The van der Waals surface area contributed by atoms with Gasteiger partial charge in [0.25, 0.3) is 0 Å². The molecule has 1 aliphatic rings. The second-order valence-electron chi connectivity index (χ2n) is 4.55. The SMILES string of the molecule is N#Cc1nc(Sc2ccnc(C3CC3)c2Cl)c(N)nc1Cl. The molecule has 21 heavy (non-hydrogen) atoms. The minimum atomic E-state index is -0.00107. The number of nitrogen functional groups attached to an aromatic ring is 1. The van der Waals surface area contributed by atoms with E-state index in [0.29, 0.717) is 16.0 Å². The van der Waals surface area contributed by atoms with Crippen molar-refractivity contribution < 1.29 is 0 Å². The summed E-state index contributed by atoms with van der Waals surface area (Å²) < 4.78 is 0. The number of halogens is 2. The second-order valence-corrected chi connectivity index (χ2v) is 6.32. The van der Waals surface area contributed by atoms with Crippen LogP contribution in [-0.4, -0.2) is 15.0 Å². The van der Waals surface area contributed by atoms with Gasteiger partial charge in [-0.1, -0.05) is 35.0 Å². The van der Waals surface area contributed by atoms with Crippen LogP contribution in [0.25, 0.3) is 0 Å². The Morgan fingerprint density at radius 2 is 2.10 bits per heavy atom. The number of hydrogen-bond acceptors (Lipinski definition) is 6. The molecule has 1 saturated carbocycles. The standard InChI is InChI=1S/C13H9Cl2N5S/c14-9-8(3-4-18-10(9)6-1-2-6)21-13-12(17)20-11(15)7(5-16)19-13/h3-4,6H,1-2H2,(H2,17,20). The molecule has 1 fully saturated rings. The van der Waals surface area contributed by atoms with Gasteiger partial charge in [0.15, 0.2) is 16.7 Å². The Morgan fingerprint density at radius 3 is 2.76 bits per heavy atom. The second kappa shape index (κ2) is 5.68. The molecule has 2 N–H and O–H groups in total. The van der Waals surface area contributed by atoms with Crippen LogP contribution in [0.1, 0.15) is 30.1 Å². The van der Waals surface area contributed by atoms with Crippen molar-refractivity contribution in [2.75, 3.05) is 5.73 Å². The van der Waals surface area contributed by atoms with Crippen molar-refractivity contribution in [3.05, 3.63) is 33.8 Å². The van der Waals surface area contributed by atoms with Gasteiger partial charge in [-0.05, 0) is 18.9 Å². The topological polar surface area (TPSA) is 88.5 Å². The average Bonchev–Trinajstić information content (AvgIpc) is 3.28. The first-order chi connectivity index (χ1) is 10.1. The average molecular weight is 338 g/mol. The van der Waals surface area contributed by atoms with E-state index >= 15 is 0 Å². The summed E-state index contributed by atoms with van der Waals surface area (Å²) in [5.41, 5.74) is 6.75. The Labute approximate surface area is 135 Å². The summed E-state index contributed by atoms with van der Waals surface area (Å²) in [5, 5.41) is 9.97. The van der Waals surface area contributed by atoms with Gasteiger partial charge in [-0.15, -0.1) is 0 Å². The van der Waals surface area contributed by atoms with E-state index in [1.165, 1.54) is 11.8 Å². The van der Waals surface area contributed by atoms with E-state index in [-0.39, 0.29) is 16.7 Å². The van der Waals surface area contributed by atoms with Crippen LogP contribution in [0.4, 0.5) is 5.82 Å². The summed E-state index contributed by atoms with van der Waals surface area (Å²) in [6.07, 6.45) is 3.94. The molecule has 2 heterocycles. The van der Waals surface area contributed by atoms with Crippen LogP contribution < -0.4 is 5.73 Å². The Balaban J connectivity index is 1.97. The van der Waals surface area contributed by atoms with Crippen molar-refractivity contribution in [2.24, 2.45) is 0 Å². The molecule has 2 aromatic heterocycles. The minimum Gasteiger partial charge on any atom is -0.381 e. The van der Waals surface area contributed by atoms with Crippen molar-refractivity contribution in [2.45, 2.75) is 28.7 Å². The van der Waals surface area contributed by atoms with Gasteiger partial charge in [0.2, 0.25) is 0 Å². The monoisotopic (exact) mass is 337 g/mol. The molecule has 0 aromatic carbocycles. The summed E-state index contributed by atoms with van der Waals surface area (Å²) in [7, 11) is 0. The molecule has 0 aliphatic heterocycles. The quantitative estimate of drug-likeness (QED) is 0.919. The first kappa shape index (κ1) is 14.4. The van der Waals surface area contributed by atoms with Gasteiger partial charge in [0, 0.05) is 17.0 Å². The van der Waals surface area contributed by atoms with Crippen molar-refractivity contribution in [3.8, 4) is 6.07 Å². The lowest BCUT2D eigenvalue weighted by atomic mass is 10.2. The molecule has 1 aliphatic carbocycles. The molecule has 0 atom stereocenters. The van der Waals surface area contributed by atoms with Gasteiger partial charge in [-0.3, -0.25) is 4.98 Å². The zero-order valence-corrected chi connectivity index (χ0v) is 13.0. The highest BCUT2D eigenvalue weighted by Gasteiger charge is 2.28. The van der Waals surface area contributed by atoms with Gasteiger partial charge in [-0.25, -0.2) is 9.97 Å². The van der Waals surface area contributed by atoms with Crippen molar-refractivity contribution in [3.63, 3.8) is 0 Å². The highest BCUT2D eigenvalue weighted by atomic mass is 35.5. The molecule has 0 bridgehead atoms. The normalized spacial score (nSPS) is 14.0. The summed E-state index contributed by atoms with van der Waals surface area (Å²) in [6, 6.07) is 3.68.